The first kappa shape index (κ1) is 23.4. The maximum Gasteiger partial charge on any atom is 0.416 e. The molecular weight excluding hydrogens is 459 g/mol. The van der Waals surface area contributed by atoms with E-state index in [0.717, 1.165) is 12.1 Å². The van der Waals surface area contributed by atoms with E-state index < -0.39 is 35.2 Å². The predicted molar refractivity (Wildman–Crippen MR) is 114 cm³/mol. The number of carbonyl (C=O) groups is 2. The number of rotatable bonds is 4. The zero-order valence-electron chi connectivity index (χ0n) is 18.1. The van der Waals surface area contributed by atoms with Gasteiger partial charge in [-0.15, -0.1) is 0 Å². The van der Waals surface area contributed by atoms with Crippen LogP contribution in [-0.2, 0) is 15.8 Å². The van der Waals surface area contributed by atoms with Crippen molar-refractivity contribution in [2.45, 2.75) is 31.9 Å². The van der Waals surface area contributed by atoms with E-state index in [4.69, 9.17) is 0 Å². The van der Waals surface area contributed by atoms with Crippen molar-refractivity contribution in [2.75, 3.05) is 12.4 Å². The molecule has 0 fully saturated rings. The summed E-state index contributed by atoms with van der Waals surface area (Å²) >= 11 is 0. The van der Waals surface area contributed by atoms with Crippen molar-refractivity contribution in [3.05, 3.63) is 70.6 Å². The minimum atomic E-state index is -4.73. The largest absolute Gasteiger partial charge is 0.416 e. The van der Waals surface area contributed by atoms with Gasteiger partial charge in [-0.05, 0) is 36.3 Å². The number of carbonyl (C=O) groups excluding carboxylic acids is 2. The van der Waals surface area contributed by atoms with E-state index in [2.05, 4.69) is 15.5 Å². The summed E-state index contributed by atoms with van der Waals surface area (Å²) in [6, 6.07) is 4.68. The lowest BCUT2D eigenvalue weighted by atomic mass is 9.81. The highest BCUT2D eigenvalue weighted by molar-refractivity contribution is 5.95. The highest BCUT2D eigenvalue weighted by atomic mass is 19.4. The van der Waals surface area contributed by atoms with Crippen LogP contribution in [0.25, 0.3) is 10.9 Å². The van der Waals surface area contributed by atoms with Gasteiger partial charge in [0, 0.05) is 36.5 Å². The number of fused-ring (bicyclic) bond motifs is 1. The van der Waals surface area contributed by atoms with Gasteiger partial charge in [-0.2, -0.15) is 18.3 Å². The highest BCUT2D eigenvalue weighted by Crippen LogP contribution is 2.40. The van der Waals surface area contributed by atoms with Gasteiger partial charge in [0.15, 0.2) is 0 Å². The Morgan fingerprint density at radius 2 is 1.94 bits per heavy atom. The molecule has 178 valence electrons. The van der Waals surface area contributed by atoms with Gasteiger partial charge >= 0.3 is 6.18 Å². The SMILES string of the molecule is CC1=C(CC(=O)Nc2cc3cn[nH]c3cc2F)C(c2ccc(C(F)(F)F)cc2F)CC(=O)N1C. The number of amides is 2. The number of aromatic amines is 1. The molecule has 0 saturated heterocycles. The topological polar surface area (TPSA) is 78.1 Å². The first-order chi connectivity index (χ1) is 16.0. The molecule has 1 atom stereocenters. The monoisotopic (exact) mass is 478 g/mol. The number of halogens is 5. The van der Waals surface area contributed by atoms with Crippen LogP contribution in [0, 0.1) is 11.6 Å². The second-order valence-electron chi connectivity index (χ2n) is 8.07. The first-order valence-electron chi connectivity index (χ1n) is 10.2. The van der Waals surface area contributed by atoms with Gasteiger partial charge in [0.05, 0.1) is 29.4 Å². The fraction of sp³-hybridized carbons (Fsp3) is 0.261. The minimum absolute atomic E-state index is 0.0883. The molecule has 34 heavy (non-hydrogen) atoms. The summed E-state index contributed by atoms with van der Waals surface area (Å²) in [5.74, 6) is -3.77. The molecule has 0 spiro atoms. The van der Waals surface area contributed by atoms with Crippen LogP contribution in [0.1, 0.15) is 36.8 Å². The number of hydrogen-bond acceptors (Lipinski definition) is 3. The maximum absolute atomic E-state index is 14.7. The molecule has 1 unspecified atom stereocenters. The Balaban J connectivity index is 1.65. The molecule has 2 aromatic carbocycles. The Bertz CT molecular complexity index is 1330. The van der Waals surface area contributed by atoms with Crippen molar-refractivity contribution in [2.24, 2.45) is 0 Å². The van der Waals surface area contributed by atoms with Crippen LogP contribution in [0.2, 0.25) is 0 Å². The van der Waals surface area contributed by atoms with Crippen LogP contribution in [-0.4, -0.2) is 34.0 Å². The molecule has 11 heteroatoms. The minimum Gasteiger partial charge on any atom is -0.323 e. The standard InChI is InChI=1S/C23H19F5N4O2/c1-11-15(7-21(33)30-20-5-12-10-29-31-19(12)9-18(20)25)16(8-22(34)32(11)2)14-4-3-13(6-17(14)24)23(26,27)28/h3-6,9-10,16H,7-8H2,1-2H3,(H,29,31)(H,30,33). The van der Waals surface area contributed by atoms with Crippen LogP contribution in [0.5, 0.6) is 0 Å². The number of H-pyrrole nitrogens is 1. The van der Waals surface area contributed by atoms with E-state index in [-0.39, 0.29) is 30.0 Å². The molecule has 1 aliphatic heterocycles. The fourth-order valence-corrected chi connectivity index (χ4v) is 4.05. The molecule has 4 rings (SSSR count). The lowest BCUT2D eigenvalue weighted by molar-refractivity contribution is -0.137. The molecule has 0 aliphatic carbocycles. The average Bonchev–Trinajstić information content (AvgIpc) is 3.20. The van der Waals surface area contributed by atoms with Crippen molar-refractivity contribution >= 4 is 28.4 Å². The Morgan fingerprint density at radius 1 is 1.21 bits per heavy atom. The van der Waals surface area contributed by atoms with Crippen molar-refractivity contribution < 1.29 is 31.5 Å². The van der Waals surface area contributed by atoms with E-state index in [9.17, 15) is 31.5 Å². The fourth-order valence-electron chi connectivity index (χ4n) is 4.05. The average molecular weight is 478 g/mol. The van der Waals surface area contributed by atoms with E-state index in [0.29, 0.717) is 28.2 Å². The van der Waals surface area contributed by atoms with Gasteiger partial charge in [0.25, 0.3) is 0 Å². The number of hydrogen-bond donors (Lipinski definition) is 2. The second kappa shape index (κ2) is 8.54. The molecule has 2 heterocycles. The molecule has 1 aromatic heterocycles. The van der Waals surface area contributed by atoms with E-state index >= 15 is 0 Å². The molecule has 6 nitrogen and oxygen atoms in total. The smallest absolute Gasteiger partial charge is 0.323 e. The molecular formula is C23H19F5N4O2. The van der Waals surface area contributed by atoms with Crippen molar-refractivity contribution in [3.8, 4) is 0 Å². The summed E-state index contributed by atoms with van der Waals surface area (Å²) in [6.45, 7) is 1.56. The van der Waals surface area contributed by atoms with Crippen molar-refractivity contribution in [3.63, 3.8) is 0 Å². The molecule has 2 N–H and O–H groups in total. The summed E-state index contributed by atoms with van der Waals surface area (Å²) in [7, 11) is 1.49. The van der Waals surface area contributed by atoms with Gasteiger partial charge in [-0.25, -0.2) is 8.78 Å². The number of nitrogens with one attached hydrogen (secondary N) is 2. The van der Waals surface area contributed by atoms with Gasteiger partial charge < -0.3 is 10.2 Å². The van der Waals surface area contributed by atoms with Crippen LogP contribution < -0.4 is 5.32 Å². The molecule has 2 amide bonds. The molecule has 0 bridgehead atoms. The summed E-state index contributed by atoms with van der Waals surface area (Å²) < 4.78 is 68.0. The third-order valence-corrected chi connectivity index (χ3v) is 6.00. The third kappa shape index (κ3) is 4.37. The first-order valence-corrected chi connectivity index (χ1v) is 10.2. The Labute approximate surface area is 190 Å². The number of aromatic nitrogens is 2. The number of benzene rings is 2. The van der Waals surface area contributed by atoms with Crippen LogP contribution in [0.4, 0.5) is 27.6 Å². The van der Waals surface area contributed by atoms with E-state index in [1.165, 1.54) is 30.3 Å². The Kier molecular flexibility index (Phi) is 5.88. The van der Waals surface area contributed by atoms with Crippen LogP contribution >= 0.6 is 0 Å². The van der Waals surface area contributed by atoms with Crippen molar-refractivity contribution in [1.82, 2.24) is 15.1 Å². The van der Waals surface area contributed by atoms with Crippen molar-refractivity contribution in [1.29, 1.82) is 0 Å². The summed E-state index contributed by atoms with van der Waals surface area (Å²) in [5, 5.41) is 9.45. The van der Waals surface area contributed by atoms with Gasteiger partial charge in [-0.3, -0.25) is 14.7 Å². The van der Waals surface area contributed by atoms with Crippen LogP contribution in [0.3, 0.4) is 0 Å². The summed E-state index contributed by atoms with van der Waals surface area (Å²) in [5.41, 5.74) is -0.195. The number of nitrogens with zero attached hydrogens (tertiary/aromatic N) is 2. The lowest BCUT2D eigenvalue weighted by Crippen LogP contribution is -2.34. The maximum atomic E-state index is 14.7. The predicted octanol–water partition coefficient (Wildman–Crippen LogP) is 5.11. The normalized spacial score (nSPS) is 17.0. The molecule has 0 saturated carbocycles. The number of allylic oxidation sites excluding steroid dienone is 1. The summed E-state index contributed by atoms with van der Waals surface area (Å²) in [4.78, 5) is 26.5. The molecule has 3 aromatic rings. The van der Waals surface area contributed by atoms with E-state index in [1.807, 2.05) is 0 Å². The van der Waals surface area contributed by atoms with Crippen LogP contribution in [0.15, 0.2) is 47.8 Å². The number of alkyl halides is 3. The molecule has 1 aliphatic rings. The highest BCUT2D eigenvalue weighted by Gasteiger charge is 2.36. The number of anilines is 1. The van der Waals surface area contributed by atoms with E-state index in [1.54, 1.807) is 6.92 Å². The van der Waals surface area contributed by atoms with Gasteiger partial charge in [-0.1, -0.05) is 6.07 Å². The van der Waals surface area contributed by atoms with Gasteiger partial charge in [0.1, 0.15) is 11.6 Å². The second-order valence-corrected chi connectivity index (χ2v) is 8.07. The molecule has 0 radical (unpaired) electrons. The quantitative estimate of drug-likeness (QED) is 0.512. The van der Waals surface area contributed by atoms with Gasteiger partial charge in [0.2, 0.25) is 11.8 Å². The Hall–Kier alpha value is -3.76. The zero-order valence-corrected chi connectivity index (χ0v) is 18.1. The Morgan fingerprint density at radius 3 is 2.62 bits per heavy atom. The third-order valence-electron chi connectivity index (χ3n) is 6.00. The lowest BCUT2D eigenvalue weighted by Gasteiger charge is -2.33. The zero-order chi connectivity index (χ0) is 24.8. The summed E-state index contributed by atoms with van der Waals surface area (Å²) in [6.07, 6.45) is -3.82.